The molecule has 0 bridgehead atoms. The van der Waals surface area contributed by atoms with Gasteiger partial charge in [0.25, 0.3) is 0 Å². The molecule has 0 saturated carbocycles. The first-order valence-corrected chi connectivity index (χ1v) is 2.58. The fourth-order valence-electron chi connectivity index (χ4n) is 0.288. The second-order valence-electron chi connectivity index (χ2n) is 1.09. The quantitative estimate of drug-likeness (QED) is 0.446. The fourth-order valence-corrected chi connectivity index (χ4v) is 0.724. The summed E-state index contributed by atoms with van der Waals surface area (Å²) in [4.78, 5) is 0. The van der Waals surface area contributed by atoms with Crippen molar-refractivity contribution in [3.05, 3.63) is 9.33 Å². The lowest BCUT2D eigenvalue weighted by Gasteiger charge is -1.48. The monoisotopic (exact) mass is 112 g/mol. The molecule has 0 aliphatic carbocycles. The molecule has 0 atom stereocenters. The molecular formula is C4H4N2S. The Hall–Kier alpha value is -0.700. The molecule has 1 heterocycles. The Morgan fingerprint density at radius 1 is 1.14 bits per heavy atom. The molecule has 0 unspecified atom stereocenters. The van der Waals surface area contributed by atoms with Gasteiger partial charge in [0.05, 0.1) is 0 Å². The van der Waals surface area contributed by atoms with E-state index in [2.05, 4.69) is 23.4 Å². The van der Waals surface area contributed by atoms with Gasteiger partial charge in [-0.15, -0.1) is 10.2 Å². The molecule has 0 amide bonds. The molecule has 1 aromatic heterocycles. The lowest BCUT2D eigenvalue weighted by atomic mass is 11.1. The van der Waals surface area contributed by atoms with E-state index in [4.69, 9.17) is 0 Å². The van der Waals surface area contributed by atoms with Gasteiger partial charge in [0.1, 0.15) is 9.33 Å². The third kappa shape index (κ3) is 0.838. The van der Waals surface area contributed by atoms with E-state index in [1.807, 2.05) is 0 Å². The van der Waals surface area contributed by atoms with Gasteiger partial charge in [-0.1, -0.05) is 24.5 Å². The van der Waals surface area contributed by atoms with Gasteiger partial charge in [-0.25, -0.2) is 0 Å². The average molecular weight is 112 g/mol. The van der Waals surface area contributed by atoms with Crippen LogP contribution >= 0.6 is 11.3 Å². The maximum Gasteiger partial charge on any atom is 0.133 e. The molecular weight excluding hydrogens is 108 g/mol. The highest BCUT2D eigenvalue weighted by Crippen LogP contribution is 1.58. The summed E-state index contributed by atoms with van der Waals surface area (Å²) in [6.07, 6.45) is 0. The van der Waals surface area contributed by atoms with Crippen molar-refractivity contribution in [2.45, 2.75) is 0 Å². The highest BCUT2D eigenvalue weighted by atomic mass is 32.1. The topological polar surface area (TPSA) is 25.8 Å². The maximum absolute atomic E-state index is 3.61. The van der Waals surface area contributed by atoms with Crippen molar-refractivity contribution in [1.82, 2.24) is 10.2 Å². The van der Waals surface area contributed by atoms with Crippen LogP contribution in [0.3, 0.4) is 0 Å². The molecule has 1 rings (SSSR count). The van der Waals surface area contributed by atoms with E-state index in [-0.39, 0.29) is 0 Å². The lowest BCUT2D eigenvalue weighted by molar-refractivity contribution is 1.04. The van der Waals surface area contributed by atoms with Crippen molar-refractivity contribution in [2.24, 2.45) is 0 Å². The van der Waals surface area contributed by atoms with Gasteiger partial charge < -0.3 is 0 Å². The SMILES string of the molecule is C=c1nnc(=C)s1. The summed E-state index contributed by atoms with van der Waals surface area (Å²) in [5.41, 5.74) is 0. The van der Waals surface area contributed by atoms with Gasteiger partial charge in [-0.05, 0) is 0 Å². The summed E-state index contributed by atoms with van der Waals surface area (Å²) >= 11 is 1.40. The summed E-state index contributed by atoms with van der Waals surface area (Å²) in [6, 6.07) is 0. The van der Waals surface area contributed by atoms with Gasteiger partial charge in [0, 0.05) is 0 Å². The average Bonchev–Trinajstić information content (AvgIpc) is 1.87. The zero-order chi connectivity index (χ0) is 5.28. The third-order valence-corrected chi connectivity index (χ3v) is 1.14. The Kier molecular flexibility index (Phi) is 0.906. The van der Waals surface area contributed by atoms with E-state index in [1.54, 1.807) is 0 Å². The van der Waals surface area contributed by atoms with Crippen molar-refractivity contribution in [2.75, 3.05) is 0 Å². The van der Waals surface area contributed by atoms with E-state index in [0.29, 0.717) is 0 Å². The zero-order valence-corrected chi connectivity index (χ0v) is 4.53. The highest BCUT2D eigenvalue weighted by Gasteiger charge is 1.75. The van der Waals surface area contributed by atoms with Gasteiger partial charge >= 0.3 is 0 Å². The normalized spacial score (nSPS) is 9.14. The minimum atomic E-state index is 0.727. The molecule has 36 valence electrons. The summed E-state index contributed by atoms with van der Waals surface area (Å²) in [5.74, 6) is 0. The molecule has 0 saturated heterocycles. The van der Waals surface area contributed by atoms with Crippen molar-refractivity contribution in [3.8, 4) is 0 Å². The predicted octanol–water partition coefficient (Wildman–Crippen LogP) is -0.641. The van der Waals surface area contributed by atoms with Crippen LogP contribution in [0.15, 0.2) is 0 Å². The van der Waals surface area contributed by atoms with Crippen molar-refractivity contribution in [3.63, 3.8) is 0 Å². The van der Waals surface area contributed by atoms with E-state index < -0.39 is 0 Å². The van der Waals surface area contributed by atoms with Gasteiger partial charge in [0.2, 0.25) is 0 Å². The minimum absolute atomic E-state index is 0.727. The van der Waals surface area contributed by atoms with Gasteiger partial charge in [0.15, 0.2) is 0 Å². The second kappa shape index (κ2) is 1.42. The molecule has 0 aliphatic rings. The van der Waals surface area contributed by atoms with E-state index >= 15 is 0 Å². The van der Waals surface area contributed by atoms with Crippen molar-refractivity contribution >= 4 is 24.5 Å². The molecule has 0 fully saturated rings. The number of hydrogen-bond donors (Lipinski definition) is 0. The zero-order valence-electron chi connectivity index (χ0n) is 3.72. The van der Waals surface area contributed by atoms with Crippen LogP contribution in [-0.2, 0) is 0 Å². The third-order valence-electron chi connectivity index (χ3n) is 0.509. The van der Waals surface area contributed by atoms with Crippen molar-refractivity contribution in [1.29, 1.82) is 0 Å². The Morgan fingerprint density at radius 3 is 1.71 bits per heavy atom. The van der Waals surface area contributed by atoms with Crippen LogP contribution < -0.4 is 9.33 Å². The Morgan fingerprint density at radius 2 is 1.57 bits per heavy atom. The van der Waals surface area contributed by atoms with Crippen LogP contribution in [-0.4, -0.2) is 10.2 Å². The summed E-state index contributed by atoms with van der Waals surface area (Å²) in [7, 11) is 0. The van der Waals surface area contributed by atoms with E-state index in [0.717, 1.165) is 9.33 Å². The van der Waals surface area contributed by atoms with Crippen molar-refractivity contribution < 1.29 is 0 Å². The molecule has 1 aromatic rings. The predicted molar refractivity (Wildman–Crippen MR) is 30.2 cm³/mol. The first-order valence-electron chi connectivity index (χ1n) is 1.76. The molecule has 2 nitrogen and oxygen atoms in total. The summed E-state index contributed by atoms with van der Waals surface area (Å²) in [6.45, 7) is 7.09. The van der Waals surface area contributed by atoms with E-state index in [1.165, 1.54) is 11.3 Å². The number of rotatable bonds is 0. The Labute approximate surface area is 44.8 Å². The Balaban J connectivity index is 3.59. The Bertz CT molecular complexity index is 214. The van der Waals surface area contributed by atoms with Crippen LogP contribution in [0.5, 0.6) is 0 Å². The minimum Gasteiger partial charge on any atom is -0.139 e. The van der Waals surface area contributed by atoms with Crippen LogP contribution in [0, 0.1) is 0 Å². The molecule has 0 N–H and O–H groups in total. The van der Waals surface area contributed by atoms with Gasteiger partial charge in [-0.2, -0.15) is 0 Å². The van der Waals surface area contributed by atoms with Crippen LogP contribution in [0.4, 0.5) is 0 Å². The molecule has 3 heteroatoms. The number of nitrogens with zero attached hydrogens (tertiary/aromatic N) is 2. The standard InChI is InChI=1S/C4H4N2S/c1-3-5-6-4(2)7-3/h1-2H2. The summed E-state index contributed by atoms with van der Waals surface area (Å²) < 4.78 is 1.45. The van der Waals surface area contributed by atoms with Crippen LogP contribution in [0.2, 0.25) is 0 Å². The number of hydrogen-bond acceptors (Lipinski definition) is 3. The summed E-state index contributed by atoms with van der Waals surface area (Å²) in [5, 5.41) is 7.22. The van der Waals surface area contributed by atoms with Crippen LogP contribution in [0.1, 0.15) is 0 Å². The van der Waals surface area contributed by atoms with Crippen LogP contribution in [0.25, 0.3) is 13.2 Å². The maximum atomic E-state index is 3.61. The number of aromatic nitrogens is 2. The molecule has 7 heavy (non-hydrogen) atoms. The molecule has 0 aliphatic heterocycles. The van der Waals surface area contributed by atoms with Gasteiger partial charge in [-0.3, -0.25) is 0 Å². The molecule has 0 radical (unpaired) electrons. The molecule has 0 spiro atoms. The van der Waals surface area contributed by atoms with E-state index in [9.17, 15) is 0 Å². The smallest absolute Gasteiger partial charge is 0.133 e. The second-order valence-corrected chi connectivity index (χ2v) is 2.24. The fraction of sp³-hybridized carbons (Fsp3) is 0. The largest absolute Gasteiger partial charge is 0.139 e. The first-order chi connectivity index (χ1) is 3.29. The first kappa shape index (κ1) is 4.46. The molecule has 0 aromatic carbocycles. The highest BCUT2D eigenvalue weighted by molar-refractivity contribution is 7.06. The lowest BCUT2D eigenvalue weighted by Crippen LogP contribution is -1.91.